The maximum atomic E-state index is 11.9. The molecule has 4 rings (SSSR count). The molecule has 2 aromatic heterocycles. The molecule has 0 fully saturated rings. The molecule has 3 aromatic rings. The fourth-order valence-corrected chi connectivity index (χ4v) is 2.27. The summed E-state index contributed by atoms with van der Waals surface area (Å²) in [4.78, 5) is 14.8. The molecule has 0 aliphatic carbocycles. The highest BCUT2D eigenvalue weighted by molar-refractivity contribution is 5.65. The summed E-state index contributed by atoms with van der Waals surface area (Å²) in [6.07, 6.45) is 3.73. The Hall–Kier alpha value is -2.69. The summed E-state index contributed by atoms with van der Waals surface area (Å²) in [6, 6.07) is 9.23. The number of aromatic amines is 1. The van der Waals surface area contributed by atoms with Crippen molar-refractivity contribution in [2.24, 2.45) is 0 Å². The summed E-state index contributed by atoms with van der Waals surface area (Å²) >= 11 is 0. The molecule has 94 valence electrons. The lowest BCUT2D eigenvalue weighted by Crippen LogP contribution is -2.09. The third-order valence-electron chi connectivity index (χ3n) is 3.21. The first-order valence-corrected chi connectivity index (χ1v) is 5.91. The monoisotopic (exact) mass is 254 g/mol. The average Bonchev–Trinajstić information content (AvgIpc) is 3.06. The predicted molar refractivity (Wildman–Crippen MR) is 69.6 cm³/mol. The van der Waals surface area contributed by atoms with Gasteiger partial charge in [0.1, 0.15) is 5.52 Å². The van der Waals surface area contributed by atoms with Crippen molar-refractivity contribution < 1.29 is 9.47 Å². The molecule has 1 aliphatic heterocycles. The van der Waals surface area contributed by atoms with Gasteiger partial charge >= 0.3 is 0 Å². The van der Waals surface area contributed by atoms with Crippen molar-refractivity contribution >= 4 is 5.52 Å². The van der Waals surface area contributed by atoms with Gasteiger partial charge in [-0.1, -0.05) is 0 Å². The number of rotatable bonds is 1. The minimum Gasteiger partial charge on any atom is -0.454 e. The Bertz CT molecular complexity index is 832. The van der Waals surface area contributed by atoms with Crippen LogP contribution < -0.4 is 15.0 Å². The maximum absolute atomic E-state index is 11.9. The summed E-state index contributed by atoms with van der Waals surface area (Å²) in [5.74, 6) is 1.43. The van der Waals surface area contributed by atoms with Gasteiger partial charge in [-0.3, -0.25) is 4.79 Å². The van der Waals surface area contributed by atoms with Crippen molar-refractivity contribution in [2.75, 3.05) is 6.79 Å². The van der Waals surface area contributed by atoms with E-state index in [4.69, 9.17) is 9.47 Å². The SMILES string of the molecule is O=c1[nH]c(-c2ccc3c(c2)OCO3)cn2cccc12. The van der Waals surface area contributed by atoms with Crippen LogP contribution in [0, 0.1) is 0 Å². The molecule has 0 atom stereocenters. The standard InChI is InChI=1S/C14H10N2O3/c17-14-11-2-1-5-16(11)7-10(15-14)9-3-4-12-13(6-9)19-8-18-12/h1-7H,8H2,(H,15,17). The number of fused-ring (bicyclic) bond motifs is 2. The topological polar surface area (TPSA) is 55.7 Å². The van der Waals surface area contributed by atoms with Gasteiger partial charge in [0.15, 0.2) is 11.5 Å². The van der Waals surface area contributed by atoms with Gasteiger partial charge in [-0.15, -0.1) is 0 Å². The van der Waals surface area contributed by atoms with E-state index in [1.54, 1.807) is 10.5 Å². The molecule has 0 amide bonds. The van der Waals surface area contributed by atoms with E-state index in [0.29, 0.717) is 11.3 Å². The molecule has 0 spiro atoms. The van der Waals surface area contributed by atoms with E-state index in [1.807, 2.05) is 36.7 Å². The molecular formula is C14H10N2O3. The third-order valence-corrected chi connectivity index (χ3v) is 3.21. The lowest BCUT2D eigenvalue weighted by atomic mass is 10.1. The minimum absolute atomic E-state index is 0.111. The van der Waals surface area contributed by atoms with Crippen molar-refractivity contribution in [2.45, 2.75) is 0 Å². The summed E-state index contributed by atoms with van der Waals surface area (Å²) < 4.78 is 12.4. The zero-order valence-corrected chi connectivity index (χ0v) is 9.92. The molecule has 0 radical (unpaired) electrons. The highest BCUT2D eigenvalue weighted by Crippen LogP contribution is 2.35. The Labute approximate surface area is 108 Å². The van der Waals surface area contributed by atoms with Crippen LogP contribution in [-0.4, -0.2) is 16.2 Å². The van der Waals surface area contributed by atoms with Crippen LogP contribution in [0.2, 0.25) is 0 Å². The molecule has 5 nitrogen and oxygen atoms in total. The second-order valence-corrected chi connectivity index (χ2v) is 4.37. The summed E-state index contributed by atoms with van der Waals surface area (Å²) in [5.41, 5.74) is 2.15. The van der Waals surface area contributed by atoms with E-state index in [9.17, 15) is 4.79 Å². The fraction of sp³-hybridized carbons (Fsp3) is 0.0714. The number of hydrogen-bond donors (Lipinski definition) is 1. The van der Waals surface area contributed by atoms with Crippen LogP contribution in [0.5, 0.6) is 11.5 Å². The molecule has 1 aliphatic rings. The molecule has 3 heterocycles. The van der Waals surface area contributed by atoms with Crippen molar-refractivity contribution in [3.63, 3.8) is 0 Å². The number of aromatic nitrogens is 2. The van der Waals surface area contributed by atoms with Crippen LogP contribution >= 0.6 is 0 Å². The quantitative estimate of drug-likeness (QED) is 0.722. The van der Waals surface area contributed by atoms with E-state index >= 15 is 0 Å². The fourth-order valence-electron chi connectivity index (χ4n) is 2.27. The highest BCUT2D eigenvalue weighted by atomic mass is 16.7. The van der Waals surface area contributed by atoms with Crippen molar-refractivity contribution in [3.05, 3.63) is 53.1 Å². The smallest absolute Gasteiger partial charge is 0.272 e. The molecule has 5 heteroatoms. The van der Waals surface area contributed by atoms with Crippen LogP contribution in [0.4, 0.5) is 0 Å². The summed E-state index contributed by atoms with van der Waals surface area (Å²) in [7, 11) is 0. The average molecular weight is 254 g/mol. The third kappa shape index (κ3) is 1.52. The number of nitrogens with one attached hydrogen (secondary N) is 1. The van der Waals surface area contributed by atoms with Crippen LogP contribution in [-0.2, 0) is 0 Å². The molecule has 19 heavy (non-hydrogen) atoms. The molecule has 1 aromatic carbocycles. The predicted octanol–water partition coefficient (Wildman–Crippen LogP) is 2.02. The van der Waals surface area contributed by atoms with Gasteiger partial charge in [0.25, 0.3) is 5.56 Å². The first-order valence-electron chi connectivity index (χ1n) is 5.91. The van der Waals surface area contributed by atoms with Gasteiger partial charge in [-0.2, -0.15) is 0 Å². The zero-order chi connectivity index (χ0) is 12.8. The summed E-state index contributed by atoms with van der Waals surface area (Å²) in [6.45, 7) is 0.242. The first-order chi connectivity index (χ1) is 9.31. The van der Waals surface area contributed by atoms with Crippen molar-refractivity contribution in [1.82, 2.24) is 9.38 Å². The number of hydrogen-bond acceptors (Lipinski definition) is 3. The Balaban J connectivity index is 1.92. The Morgan fingerprint density at radius 3 is 3.00 bits per heavy atom. The molecule has 0 bridgehead atoms. The maximum Gasteiger partial charge on any atom is 0.272 e. The largest absolute Gasteiger partial charge is 0.454 e. The minimum atomic E-state index is -0.111. The second kappa shape index (κ2) is 3.65. The van der Waals surface area contributed by atoms with Gasteiger partial charge in [-0.05, 0) is 30.3 Å². The van der Waals surface area contributed by atoms with Crippen molar-refractivity contribution in [1.29, 1.82) is 0 Å². The lowest BCUT2D eigenvalue weighted by molar-refractivity contribution is 0.174. The summed E-state index contributed by atoms with van der Waals surface area (Å²) in [5, 5.41) is 0. The Morgan fingerprint density at radius 1 is 1.16 bits per heavy atom. The number of H-pyrrole nitrogens is 1. The first kappa shape index (κ1) is 10.3. The second-order valence-electron chi connectivity index (χ2n) is 4.37. The van der Waals surface area contributed by atoms with Gasteiger partial charge in [0.2, 0.25) is 6.79 Å². The number of nitrogens with zero attached hydrogens (tertiary/aromatic N) is 1. The molecule has 0 unspecified atom stereocenters. The van der Waals surface area contributed by atoms with E-state index in [1.165, 1.54) is 0 Å². The Morgan fingerprint density at radius 2 is 2.05 bits per heavy atom. The number of benzene rings is 1. The van der Waals surface area contributed by atoms with Crippen molar-refractivity contribution in [3.8, 4) is 22.8 Å². The molecule has 1 N–H and O–H groups in total. The lowest BCUT2D eigenvalue weighted by Gasteiger charge is -2.04. The normalized spacial score (nSPS) is 13.1. The van der Waals surface area contributed by atoms with Gasteiger partial charge < -0.3 is 18.9 Å². The van der Waals surface area contributed by atoms with Crippen LogP contribution in [0.25, 0.3) is 16.8 Å². The van der Waals surface area contributed by atoms with Crippen LogP contribution in [0.3, 0.4) is 0 Å². The molecule has 0 saturated carbocycles. The highest BCUT2D eigenvalue weighted by Gasteiger charge is 2.14. The van der Waals surface area contributed by atoms with E-state index in [-0.39, 0.29) is 12.4 Å². The van der Waals surface area contributed by atoms with E-state index < -0.39 is 0 Å². The van der Waals surface area contributed by atoms with E-state index in [2.05, 4.69) is 4.98 Å². The number of ether oxygens (including phenoxy) is 2. The van der Waals surface area contributed by atoms with Gasteiger partial charge in [0.05, 0.1) is 5.69 Å². The van der Waals surface area contributed by atoms with Crippen LogP contribution in [0.15, 0.2) is 47.5 Å². The zero-order valence-electron chi connectivity index (χ0n) is 9.92. The van der Waals surface area contributed by atoms with Crippen LogP contribution in [0.1, 0.15) is 0 Å². The molecular weight excluding hydrogens is 244 g/mol. The Kier molecular flexibility index (Phi) is 1.97. The van der Waals surface area contributed by atoms with E-state index in [0.717, 1.165) is 17.0 Å². The molecule has 0 saturated heterocycles. The van der Waals surface area contributed by atoms with Gasteiger partial charge in [0, 0.05) is 18.0 Å². The van der Waals surface area contributed by atoms with Gasteiger partial charge in [-0.25, -0.2) is 0 Å².